The van der Waals surface area contributed by atoms with Crippen LogP contribution in [0.15, 0.2) is 84.9 Å². The number of carbonyl (C=O) groups is 2. The van der Waals surface area contributed by atoms with E-state index in [0.29, 0.717) is 12.8 Å². The quantitative estimate of drug-likeness (QED) is 0.326. The molecule has 0 radical (unpaired) electrons. The van der Waals surface area contributed by atoms with Crippen LogP contribution in [0.5, 0.6) is 0 Å². The van der Waals surface area contributed by atoms with Crippen molar-refractivity contribution in [1.29, 1.82) is 0 Å². The summed E-state index contributed by atoms with van der Waals surface area (Å²) in [6.07, 6.45) is 0.902. The van der Waals surface area contributed by atoms with E-state index in [1.807, 2.05) is 60.7 Å². The minimum absolute atomic E-state index is 0.113. The first-order valence-corrected chi connectivity index (χ1v) is 10.6. The summed E-state index contributed by atoms with van der Waals surface area (Å²) in [6, 6.07) is 23.2. The Morgan fingerprint density at radius 3 is 1.94 bits per heavy atom. The van der Waals surface area contributed by atoms with E-state index in [-0.39, 0.29) is 29.7 Å². The van der Waals surface area contributed by atoms with E-state index in [9.17, 15) is 19.7 Å². The number of benzene rings is 3. The monoisotopic (exact) mass is 446 g/mol. The van der Waals surface area contributed by atoms with Gasteiger partial charge in [0.1, 0.15) is 6.04 Å². The Hall–Kier alpha value is -4.04. The molecule has 0 heterocycles. The molecule has 8 heteroatoms. The van der Waals surface area contributed by atoms with Gasteiger partial charge in [-0.05, 0) is 29.7 Å². The van der Waals surface area contributed by atoms with Crippen LogP contribution in [0.25, 0.3) is 0 Å². The molecule has 3 aromatic carbocycles. The van der Waals surface area contributed by atoms with E-state index < -0.39 is 16.9 Å². The first-order chi connectivity index (χ1) is 15.9. The summed E-state index contributed by atoms with van der Waals surface area (Å²) in [5.41, 5.74) is 8.26. The van der Waals surface area contributed by atoms with Gasteiger partial charge in [-0.2, -0.15) is 0 Å². The van der Waals surface area contributed by atoms with Gasteiger partial charge in [0.05, 0.1) is 4.92 Å². The molecule has 0 aliphatic heterocycles. The number of non-ortho nitro benzene ring substituents is 1. The third kappa shape index (κ3) is 7.26. The zero-order valence-electron chi connectivity index (χ0n) is 18.0. The number of nitrogens with zero attached hydrogens (tertiary/aromatic N) is 1. The van der Waals surface area contributed by atoms with E-state index in [0.717, 1.165) is 11.1 Å². The maximum Gasteiger partial charge on any atom is 0.269 e. The molecule has 2 amide bonds. The standard InChI is InChI=1S/C25H26N4O4/c26-21(15-18-7-3-1-4-8-18)17-27-25(31)23(16-19-9-5-2-6-10-19)28-24(30)20-11-13-22(14-12-20)29(32)33/h1-14,21,23H,15-17,26H2,(H,27,31)(H,28,30)/t21-,23+/m1/s1. The van der Waals surface area contributed by atoms with Crippen molar-refractivity contribution < 1.29 is 14.5 Å². The van der Waals surface area contributed by atoms with Crippen molar-refractivity contribution in [3.63, 3.8) is 0 Å². The molecule has 170 valence electrons. The van der Waals surface area contributed by atoms with Crippen molar-refractivity contribution in [2.45, 2.75) is 24.9 Å². The highest BCUT2D eigenvalue weighted by molar-refractivity contribution is 5.97. The lowest BCUT2D eigenvalue weighted by Gasteiger charge is -2.20. The predicted octanol–water partition coefficient (Wildman–Crippen LogP) is 2.62. The highest BCUT2D eigenvalue weighted by Crippen LogP contribution is 2.12. The van der Waals surface area contributed by atoms with Crippen molar-refractivity contribution in [3.8, 4) is 0 Å². The fraction of sp³-hybridized carbons (Fsp3) is 0.200. The number of nitro groups is 1. The number of hydrogen-bond donors (Lipinski definition) is 3. The van der Waals surface area contributed by atoms with Crippen molar-refractivity contribution >= 4 is 17.5 Å². The highest BCUT2D eigenvalue weighted by Gasteiger charge is 2.23. The van der Waals surface area contributed by atoms with Gasteiger partial charge < -0.3 is 16.4 Å². The van der Waals surface area contributed by atoms with Gasteiger partial charge in [0.2, 0.25) is 5.91 Å². The fourth-order valence-electron chi connectivity index (χ4n) is 3.38. The molecule has 33 heavy (non-hydrogen) atoms. The van der Waals surface area contributed by atoms with Crippen LogP contribution in [0.3, 0.4) is 0 Å². The minimum atomic E-state index is -0.834. The molecular formula is C25H26N4O4. The Morgan fingerprint density at radius 2 is 1.39 bits per heavy atom. The maximum atomic E-state index is 12.9. The Morgan fingerprint density at radius 1 is 0.848 bits per heavy atom. The predicted molar refractivity (Wildman–Crippen MR) is 126 cm³/mol. The molecule has 3 rings (SSSR count). The van der Waals surface area contributed by atoms with E-state index in [1.54, 1.807) is 0 Å². The zero-order chi connectivity index (χ0) is 23.6. The summed E-state index contributed by atoms with van der Waals surface area (Å²) in [7, 11) is 0. The van der Waals surface area contributed by atoms with Crippen LogP contribution < -0.4 is 16.4 Å². The molecule has 0 fully saturated rings. The molecule has 2 atom stereocenters. The minimum Gasteiger partial charge on any atom is -0.353 e. The fourth-order valence-corrected chi connectivity index (χ4v) is 3.38. The first-order valence-electron chi connectivity index (χ1n) is 10.6. The van der Waals surface area contributed by atoms with E-state index in [4.69, 9.17) is 5.73 Å². The summed E-state index contributed by atoms with van der Waals surface area (Å²) in [5.74, 6) is -0.841. The molecule has 0 saturated carbocycles. The van der Waals surface area contributed by atoms with Crippen molar-refractivity contribution in [3.05, 3.63) is 112 Å². The summed E-state index contributed by atoms with van der Waals surface area (Å²) < 4.78 is 0. The van der Waals surface area contributed by atoms with Crippen LogP contribution in [0, 0.1) is 10.1 Å². The molecule has 0 saturated heterocycles. The Bertz CT molecular complexity index is 1070. The number of nitrogens with one attached hydrogen (secondary N) is 2. The van der Waals surface area contributed by atoms with Crippen LogP contribution in [-0.4, -0.2) is 35.4 Å². The molecule has 0 bridgehead atoms. The van der Waals surface area contributed by atoms with Crippen LogP contribution in [-0.2, 0) is 17.6 Å². The molecule has 8 nitrogen and oxygen atoms in total. The second-order valence-electron chi connectivity index (χ2n) is 7.71. The van der Waals surface area contributed by atoms with Gasteiger partial charge in [-0.1, -0.05) is 60.7 Å². The van der Waals surface area contributed by atoms with Crippen molar-refractivity contribution in [1.82, 2.24) is 10.6 Å². The number of hydrogen-bond acceptors (Lipinski definition) is 5. The van der Waals surface area contributed by atoms with Crippen molar-refractivity contribution in [2.24, 2.45) is 5.73 Å². The Balaban J connectivity index is 1.65. The van der Waals surface area contributed by atoms with Crippen LogP contribution >= 0.6 is 0 Å². The molecule has 4 N–H and O–H groups in total. The molecular weight excluding hydrogens is 420 g/mol. The maximum absolute atomic E-state index is 12.9. The molecule has 0 unspecified atom stereocenters. The largest absolute Gasteiger partial charge is 0.353 e. The average molecular weight is 447 g/mol. The second kappa shape index (κ2) is 11.5. The Kier molecular flexibility index (Phi) is 8.26. The lowest BCUT2D eigenvalue weighted by atomic mass is 10.0. The zero-order valence-corrected chi connectivity index (χ0v) is 18.0. The lowest BCUT2D eigenvalue weighted by Crippen LogP contribution is -2.50. The number of nitro benzene ring substituents is 1. The van der Waals surface area contributed by atoms with Crippen LogP contribution in [0.2, 0.25) is 0 Å². The topological polar surface area (TPSA) is 127 Å². The normalized spacial score (nSPS) is 12.4. The molecule has 0 aliphatic rings. The molecule has 0 spiro atoms. The smallest absolute Gasteiger partial charge is 0.269 e. The summed E-state index contributed by atoms with van der Waals surface area (Å²) in [4.78, 5) is 36.0. The van der Waals surface area contributed by atoms with Gasteiger partial charge >= 0.3 is 0 Å². The third-order valence-corrected chi connectivity index (χ3v) is 5.12. The first kappa shape index (κ1) is 23.6. The van der Waals surface area contributed by atoms with Crippen LogP contribution in [0.4, 0.5) is 5.69 Å². The summed E-state index contributed by atoms with van der Waals surface area (Å²) >= 11 is 0. The summed E-state index contributed by atoms with van der Waals surface area (Å²) in [6.45, 7) is 0.256. The lowest BCUT2D eigenvalue weighted by molar-refractivity contribution is -0.384. The van der Waals surface area contributed by atoms with Crippen LogP contribution in [0.1, 0.15) is 21.5 Å². The van der Waals surface area contributed by atoms with Crippen molar-refractivity contribution in [2.75, 3.05) is 6.54 Å². The third-order valence-electron chi connectivity index (χ3n) is 5.12. The summed E-state index contributed by atoms with van der Waals surface area (Å²) in [5, 5.41) is 16.4. The number of nitrogens with two attached hydrogens (primary N) is 1. The van der Waals surface area contributed by atoms with E-state index in [1.165, 1.54) is 24.3 Å². The average Bonchev–Trinajstić information content (AvgIpc) is 2.83. The second-order valence-corrected chi connectivity index (χ2v) is 7.71. The van der Waals surface area contributed by atoms with Gasteiger partial charge in [-0.15, -0.1) is 0 Å². The molecule has 0 aromatic heterocycles. The van der Waals surface area contributed by atoms with E-state index >= 15 is 0 Å². The van der Waals surface area contributed by atoms with Gasteiger partial charge in [0, 0.05) is 36.7 Å². The van der Waals surface area contributed by atoms with Gasteiger partial charge in [0.15, 0.2) is 0 Å². The molecule has 0 aliphatic carbocycles. The highest BCUT2D eigenvalue weighted by atomic mass is 16.6. The molecule has 3 aromatic rings. The Labute approximate surface area is 192 Å². The number of carbonyl (C=O) groups excluding carboxylic acids is 2. The number of rotatable bonds is 10. The van der Waals surface area contributed by atoms with Gasteiger partial charge in [-0.25, -0.2) is 0 Å². The van der Waals surface area contributed by atoms with Gasteiger partial charge in [-0.3, -0.25) is 19.7 Å². The van der Waals surface area contributed by atoms with E-state index in [2.05, 4.69) is 10.6 Å². The SMILES string of the molecule is N[C@@H](CNC(=O)[C@H](Cc1ccccc1)NC(=O)c1ccc([N+](=O)[O-])cc1)Cc1ccccc1. The number of amides is 2. The van der Waals surface area contributed by atoms with Gasteiger partial charge in [0.25, 0.3) is 11.6 Å².